The Morgan fingerprint density at radius 2 is 2.21 bits per heavy atom. The quantitative estimate of drug-likeness (QED) is 0.811. The Morgan fingerprint density at radius 3 is 2.64 bits per heavy atom. The fraction of sp³-hybridized carbons (Fsp3) is 0.727. The standard InChI is InChI=1S/C11H20N2S/c1-5-9(6-12-4)10-7-14-11(13-10)8(2)3/h7-9,12H,5-6H2,1-4H3. The Kier molecular flexibility index (Phi) is 4.55. The lowest BCUT2D eigenvalue weighted by atomic mass is 10.0. The second kappa shape index (κ2) is 5.47. The van der Waals surface area contributed by atoms with Gasteiger partial charge in [0.05, 0.1) is 10.7 Å². The number of hydrogen-bond acceptors (Lipinski definition) is 3. The molecule has 1 aromatic heterocycles. The highest BCUT2D eigenvalue weighted by atomic mass is 32.1. The highest BCUT2D eigenvalue weighted by Crippen LogP contribution is 2.25. The SMILES string of the molecule is CCC(CNC)c1csc(C(C)C)n1. The Morgan fingerprint density at radius 1 is 1.50 bits per heavy atom. The van der Waals surface area contributed by atoms with Crippen molar-refractivity contribution < 1.29 is 0 Å². The number of nitrogens with zero attached hydrogens (tertiary/aromatic N) is 1. The summed E-state index contributed by atoms with van der Waals surface area (Å²) in [5, 5.41) is 6.69. The van der Waals surface area contributed by atoms with Crippen molar-refractivity contribution in [3.05, 3.63) is 16.1 Å². The molecule has 0 radical (unpaired) electrons. The lowest BCUT2D eigenvalue weighted by molar-refractivity contribution is 0.597. The molecular formula is C11H20N2S. The summed E-state index contributed by atoms with van der Waals surface area (Å²) in [5.74, 6) is 1.13. The molecule has 0 saturated heterocycles. The third-order valence-electron chi connectivity index (χ3n) is 2.40. The molecule has 80 valence electrons. The van der Waals surface area contributed by atoms with Gasteiger partial charge in [-0.2, -0.15) is 0 Å². The molecule has 0 aliphatic rings. The van der Waals surface area contributed by atoms with Crippen LogP contribution in [0.1, 0.15) is 49.7 Å². The van der Waals surface area contributed by atoms with Crippen LogP contribution >= 0.6 is 11.3 Å². The van der Waals surface area contributed by atoms with Gasteiger partial charge in [0.15, 0.2) is 0 Å². The number of thiazole rings is 1. The molecule has 14 heavy (non-hydrogen) atoms. The normalized spacial score (nSPS) is 13.5. The topological polar surface area (TPSA) is 24.9 Å². The van der Waals surface area contributed by atoms with Crippen molar-refractivity contribution in [1.29, 1.82) is 0 Å². The molecule has 0 amide bonds. The van der Waals surface area contributed by atoms with Crippen LogP contribution in [-0.4, -0.2) is 18.6 Å². The molecule has 0 spiro atoms. The van der Waals surface area contributed by atoms with E-state index >= 15 is 0 Å². The van der Waals surface area contributed by atoms with Gasteiger partial charge in [-0.25, -0.2) is 4.98 Å². The van der Waals surface area contributed by atoms with Gasteiger partial charge in [-0.15, -0.1) is 11.3 Å². The summed E-state index contributed by atoms with van der Waals surface area (Å²) in [5.41, 5.74) is 1.26. The molecule has 0 bridgehead atoms. The van der Waals surface area contributed by atoms with Gasteiger partial charge >= 0.3 is 0 Å². The Labute approximate surface area is 90.8 Å². The van der Waals surface area contributed by atoms with Crippen molar-refractivity contribution in [3.8, 4) is 0 Å². The number of likely N-dealkylation sites (N-methyl/N-ethyl adjacent to an activating group) is 1. The highest BCUT2D eigenvalue weighted by molar-refractivity contribution is 7.09. The van der Waals surface area contributed by atoms with E-state index in [-0.39, 0.29) is 0 Å². The van der Waals surface area contributed by atoms with Gasteiger partial charge in [-0.3, -0.25) is 0 Å². The monoisotopic (exact) mass is 212 g/mol. The van der Waals surface area contributed by atoms with Crippen LogP contribution in [-0.2, 0) is 0 Å². The van der Waals surface area contributed by atoms with Gasteiger partial charge < -0.3 is 5.32 Å². The zero-order chi connectivity index (χ0) is 10.6. The van der Waals surface area contributed by atoms with Crippen molar-refractivity contribution in [2.75, 3.05) is 13.6 Å². The van der Waals surface area contributed by atoms with Gasteiger partial charge in [0.1, 0.15) is 0 Å². The zero-order valence-corrected chi connectivity index (χ0v) is 10.3. The van der Waals surface area contributed by atoms with Crippen LogP contribution in [0.2, 0.25) is 0 Å². The largest absolute Gasteiger partial charge is 0.319 e. The molecular weight excluding hydrogens is 192 g/mol. The van der Waals surface area contributed by atoms with Crippen LogP contribution in [0.5, 0.6) is 0 Å². The summed E-state index contributed by atoms with van der Waals surface area (Å²) in [6, 6.07) is 0. The van der Waals surface area contributed by atoms with Crippen molar-refractivity contribution in [1.82, 2.24) is 10.3 Å². The van der Waals surface area contributed by atoms with Crippen LogP contribution in [0, 0.1) is 0 Å². The zero-order valence-electron chi connectivity index (χ0n) is 9.50. The third-order valence-corrected chi connectivity index (χ3v) is 3.56. The third kappa shape index (κ3) is 2.79. The van der Waals surface area contributed by atoms with E-state index in [1.165, 1.54) is 10.7 Å². The minimum absolute atomic E-state index is 0.556. The first-order chi connectivity index (χ1) is 6.69. The molecule has 0 aromatic carbocycles. The van der Waals surface area contributed by atoms with Crippen molar-refractivity contribution in [2.24, 2.45) is 0 Å². The van der Waals surface area contributed by atoms with Gasteiger partial charge in [-0.05, 0) is 13.5 Å². The molecule has 1 atom stereocenters. The van der Waals surface area contributed by atoms with E-state index in [1.54, 1.807) is 11.3 Å². The van der Waals surface area contributed by atoms with E-state index in [1.807, 2.05) is 7.05 Å². The van der Waals surface area contributed by atoms with Crippen LogP contribution in [0.15, 0.2) is 5.38 Å². The average molecular weight is 212 g/mol. The summed E-state index contributed by atoms with van der Waals surface area (Å²) < 4.78 is 0. The molecule has 1 heterocycles. The minimum Gasteiger partial charge on any atom is -0.319 e. The maximum Gasteiger partial charge on any atom is 0.0953 e. The highest BCUT2D eigenvalue weighted by Gasteiger charge is 2.13. The van der Waals surface area contributed by atoms with Crippen LogP contribution < -0.4 is 5.32 Å². The van der Waals surface area contributed by atoms with Gasteiger partial charge in [0.25, 0.3) is 0 Å². The summed E-state index contributed by atoms with van der Waals surface area (Å²) in [6.07, 6.45) is 1.15. The number of nitrogens with one attached hydrogen (secondary N) is 1. The molecule has 1 rings (SSSR count). The summed E-state index contributed by atoms with van der Waals surface area (Å²) >= 11 is 1.79. The van der Waals surface area contributed by atoms with E-state index in [0.717, 1.165) is 13.0 Å². The van der Waals surface area contributed by atoms with E-state index in [9.17, 15) is 0 Å². The fourth-order valence-corrected chi connectivity index (χ4v) is 2.37. The molecule has 1 N–H and O–H groups in total. The predicted molar refractivity (Wildman–Crippen MR) is 63.2 cm³/mol. The second-order valence-electron chi connectivity index (χ2n) is 3.93. The van der Waals surface area contributed by atoms with Crippen molar-refractivity contribution in [3.63, 3.8) is 0 Å². The Balaban J connectivity index is 2.73. The van der Waals surface area contributed by atoms with E-state index < -0.39 is 0 Å². The van der Waals surface area contributed by atoms with Crippen molar-refractivity contribution in [2.45, 2.75) is 39.0 Å². The van der Waals surface area contributed by atoms with Gasteiger partial charge in [0.2, 0.25) is 0 Å². The number of hydrogen-bond donors (Lipinski definition) is 1. The van der Waals surface area contributed by atoms with E-state index in [2.05, 4.69) is 36.5 Å². The summed E-state index contributed by atoms with van der Waals surface area (Å²) in [4.78, 5) is 4.68. The second-order valence-corrected chi connectivity index (χ2v) is 4.82. The van der Waals surface area contributed by atoms with Crippen LogP contribution in [0.4, 0.5) is 0 Å². The van der Waals surface area contributed by atoms with E-state index in [0.29, 0.717) is 11.8 Å². The Hall–Kier alpha value is -0.410. The first-order valence-electron chi connectivity index (χ1n) is 5.28. The molecule has 1 unspecified atom stereocenters. The lowest BCUT2D eigenvalue weighted by Crippen LogP contribution is -2.16. The summed E-state index contributed by atoms with van der Waals surface area (Å²) in [7, 11) is 2.00. The summed E-state index contributed by atoms with van der Waals surface area (Å²) in [6.45, 7) is 7.64. The molecule has 1 aromatic rings. The van der Waals surface area contributed by atoms with Crippen molar-refractivity contribution >= 4 is 11.3 Å². The first-order valence-corrected chi connectivity index (χ1v) is 6.16. The van der Waals surface area contributed by atoms with Gasteiger partial charge in [0, 0.05) is 23.8 Å². The first kappa shape index (κ1) is 11.7. The number of rotatable bonds is 5. The molecule has 0 aliphatic carbocycles. The molecule has 3 heteroatoms. The van der Waals surface area contributed by atoms with Gasteiger partial charge in [-0.1, -0.05) is 20.8 Å². The van der Waals surface area contributed by atoms with Crippen LogP contribution in [0.3, 0.4) is 0 Å². The van der Waals surface area contributed by atoms with Crippen LogP contribution in [0.25, 0.3) is 0 Å². The maximum absolute atomic E-state index is 4.68. The molecule has 2 nitrogen and oxygen atoms in total. The molecule has 0 aliphatic heterocycles. The maximum atomic E-state index is 4.68. The predicted octanol–water partition coefficient (Wildman–Crippen LogP) is 2.98. The fourth-order valence-electron chi connectivity index (χ4n) is 1.46. The average Bonchev–Trinajstić information content (AvgIpc) is 2.63. The van der Waals surface area contributed by atoms with E-state index in [4.69, 9.17) is 0 Å². The lowest BCUT2D eigenvalue weighted by Gasteiger charge is -2.10. The molecule has 0 saturated carbocycles. The number of aromatic nitrogens is 1. The minimum atomic E-state index is 0.556. The smallest absolute Gasteiger partial charge is 0.0953 e. The molecule has 0 fully saturated rings. The Bertz CT molecular complexity index is 268.